The third-order valence-electron chi connectivity index (χ3n) is 2.59. The van der Waals surface area contributed by atoms with Gasteiger partial charge < -0.3 is 0 Å². The molecular formula is C9H17F2N. The Morgan fingerprint density at radius 1 is 1.50 bits per heavy atom. The molecule has 1 heterocycles. The van der Waals surface area contributed by atoms with Crippen LogP contribution in [-0.2, 0) is 0 Å². The van der Waals surface area contributed by atoms with Crippen molar-refractivity contribution >= 4 is 0 Å². The number of halogens is 2. The van der Waals surface area contributed by atoms with Crippen LogP contribution < -0.4 is 0 Å². The van der Waals surface area contributed by atoms with E-state index >= 15 is 0 Å². The Kier molecular flexibility index (Phi) is 2.71. The zero-order valence-electron chi connectivity index (χ0n) is 7.98. The summed E-state index contributed by atoms with van der Waals surface area (Å²) in [5.74, 6) is -2.12. The fourth-order valence-electron chi connectivity index (χ4n) is 1.92. The highest BCUT2D eigenvalue weighted by molar-refractivity contribution is 4.91. The minimum Gasteiger partial charge on any atom is -0.294 e. The summed E-state index contributed by atoms with van der Waals surface area (Å²) in [6.45, 7) is 6.64. The Balaban J connectivity index is 2.63. The van der Waals surface area contributed by atoms with Gasteiger partial charge in [0.05, 0.1) is 6.54 Å². The molecule has 0 aromatic carbocycles. The summed E-state index contributed by atoms with van der Waals surface area (Å²) in [4.78, 5) is 1.88. The van der Waals surface area contributed by atoms with Gasteiger partial charge in [0.25, 0.3) is 5.92 Å². The van der Waals surface area contributed by atoms with Crippen molar-refractivity contribution in [1.82, 2.24) is 4.90 Å². The molecule has 1 fully saturated rings. The minimum atomic E-state index is -2.45. The largest absolute Gasteiger partial charge is 0.294 e. The SMILES string of the molecule is CCN1CC(F)(F)CC1C(C)C. The van der Waals surface area contributed by atoms with Crippen molar-refractivity contribution < 1.29 is 8.78 Å². The number of rotatable bonds is 2. The smallest absolute Gasteiger partial charge is 0.262 e. The predicted molar refractivity (Wildman–Crippen MR) is 45.4 cm³/mol. The molecule has 0 saturated carbocycles. The van der Waals surface area contributed by atoms with E-state index in [1.54, 1.807) is 0 Å². The van der Waals surface area contributed by atoms with Gasteiger partial charge in [0.15, 0.2) is 0 Å². The van der Waals surface area contributed by atoms with E-state index in [0.29, 0.717) is 5.92 Å². The van der Waals surface area contributed by atoms with Crippen molar-refractivity contribution in [2.24, 2.45) is 5.92 Å². The second-order valence-electron chi connectivity index (χ2n) is 3.93. The van der Waals surface area contributed by atoms with Gasteiger partial charge in [0, 0.05) is 12.5 Å². The van der Waals surface area contributed by atoms with Crippen LogP contribution in [0.5, 0.6) is 0 Å². The highest BCUT2D eigenvalue weighted by Crippen LogP contribution is 2.34. The van der Waals surface area contributed by atoms with Crippen LogP contribution in [-0.4, -0.2) is 30.0 Å². The van der Waals surface area contributed by atoms with E-state index in [9.17, 15) is 8.78 Å². The lowest BCUT2D eigenvalue weighted by Crippen LogP contribution is -2.33. The zero-order chi connectivity index (χ0) is 9.35. The third kappa shape index (κ3) is 1.94. The van der Waals surface area contributed by atoms with Crippen molar-refractivity contribution in [3.05, 3.63) is 0 Å². The second-order valence-corrected chi connectivity index (χ2v) is 3.93. The first kappa shape index (κ1) is 9.90. The molecule has 0 aromatic rings. The molecule has 0 N–H and O–H groups in total. The van der Waals surface area contributed by atoms with Crippen LogP contribution in [0.4, 0.5) is 8.78 Å². The lowest BCUT2D eigenvalue weighted by Gasteiger charge is -2.24. The Bertz CT molecular complexity index is 157. The summed E-state index contributed by atoms with van der Waals surface area (Å²) >= 11 is 0. The Morgan fingerprint density at radius 2 is 2.08 bits per heavy atom. The lowest BCUT2D eigenvalue weighted by atomic mass is 10.0. The number of hydrogen-bond acceptors (Lipinski definition) is 1. The molecule has 0 aromatic heterocycles. The molecule has 0 bridgehead atoms. The van der Waals surface area contributed by atoms with Crippen molar-refractivity contribution in [1.29, 1.82) is 0 Å². The average Bonchev–Trinajstić information content (AvgIpc) is 2.25. The number of nitrogens with zero attached hydrogens (tertiary/aromatic N) is 1. The maximum absolute atomic E-state index is 13.0. The summed E-state index contributed by atoms with van der Waals surface area (Å²) in [5, 5.41) is 0. The number of likely N-dealkylation sites (tertiary alicyclic amines) is 1. The molecule has 0 radical (unpaired) electrons. The summed E-state index contributed by atoms with van der Waals surface area (Å²) in [6.07, 6.45) is 0.0402. The molecule has 1 rings (SSSR count). The van der Waals surface area contributed by atoms with Crippen LogP contribution in [0.1, 0.15) is 27.2 Å². The normalized spacial score (nSPS) is 30.0. The average molecular weight is 177 g/mol. The summed E-state index contributed by atoms with van der Waals surface area (Å²) < 4.78 is 25.9. The molecule has 72 valence electrons. The van der Waals surface area contributed by atoms with E-state index in [0.717, 1.165) is 6.54 Å². The Labute approximate surface area is 72.7 Å². The molecule has 1 nitrogen and oxygen atoms in total. The van der Waals surface area contributed by atoms with E-state index < -0.39 is 5.92 Å². The van der Waals surface area contributed by atoms with E-state index in [-0.39, 0.29) is 19.0 Å². The van der Waals surface area contributed by atoms with E-state index in [1.165, 1.54) is 0 Å². The van der Waals surface area contributed by atoms with Gasteiger partial charge in [0.2, 0.25) is 0 Å². The fraction of sp³-hybridized carbons (Fsp3) is 1.00. The van der Waals surface area contributed by atoms with Gasteiger partial charge in [-0.25, -0.2) is 8.78 Å². The van der Waals surface area contributed by atoms with Crippen molar-refractivity contribution in [3.63, 3.8) is 0 Å². The Hall–Kier alpha value is -0.180. The standard InChI is InChI=1S/C9H17F2N/c1-4-12-6-9(10,11)5-8(12)7(2)3/h7-8H,4-6H2,1-3H3. The van der Waals surface area contributed by atoms with Crippen LogP contribution in [0, 0.1) is 5.92 Å². The maximum Gasteiger partial charge on any atom is 0.262 e. The molecule has 0 spiro atoms. The summed E-state index contributed by atoms with van der Waals surface area (Å²) in [5.41, 5.74) is 0. The lowest BCUT2D eigenvalue weighted by molar-refractivity contribution is 0.0122. The predicted octanol–water partition coefficient (Wildman–Crippen LogP) is 2.37. The molecule has 1 aliphatic heterocycles. The first-order valence-corrected chi connectivity index (χ1v) is 4.58. The van der Waals surface area contributed by atoms with Gasteiger partial charge in [-0.1, -0.05) is 20.8 Å². The molecule has 1 atom stereocenters. The van der Waals surface area contributed by atoms with Crippen LogP contribution >= 0.6 is 0 Å². The first-order valence-electron chi connectivity index (χ1n) is 4.58. The second kappa shape index (κ2) is 3.29. The van der Waals surface area contributed by atoms with Gasteiger partial charge in [-0.15, -0.1) is 0 Å². The highest BCUT2D eigenvalue weighted by Gasteiger charge is 2.44. The summed E-state index contributed by atoms with van der Waals surface area (Å²) in [6, 6.07) is 0.0741. The van der Waals surface area contributed by atoms with Crippen molar-refractivity contribution in [2.75, 3.05) is 13.1 Å². The topological polar surface area (TPSA) is 3.24 Å². The van der Waals surface area contributed by atoms with E-state index in [4.69, 9.17) is 0 Å². The molecule has 12 heavy (non-hydrogen) atoms. The third-order valence-corrected chi connectivity index (χ3v) is 2.59. The Morgan fingerprint density at radius 3 is 2.42 bits per heavy atom. The molecule has 0 aliphatic carbocycles. The van der Waals surface area contributed by atoms with Crippen LogP contribution in [0.15, 0.2) is 0 Å². The van der Waals surface area contributed by atoms with Crippen LogP contribution in [0.2, 0.25) is 0 Å². The monoisotopic (exact) mass is 177 g/mol. The van der Waals surface area contributed by atoms with Crippen molar-refractivity contribution in [3.8, 4) is 0 Å². The van der Waals surface area contributed by atoms with Crippen LogP contribution in [0.25, 0.3) is 0 Å². The van der Waals surface area contributed by atoms with Crippen molar-refractivity contribution in [2.45, 2.75) is 39.2 Å². The molecule has 1 unspecified atom stereocenters. The first-order chi connectivity index (χ1) is 5.46. The molecule has 0 amide bonds. The minimum absolute atomic E-state index is 0.0402. The van der Waals surface area contributed by atoms with Gasteiger partial charge in [-0.05, 0) is 12.5 Å². The van der Waals surface area contributed by atoms with Gasteiger partial charge in [-0.3, -0.25) is 4.90 Å². The quantitative estimate of drug-likeness (QED) is 0.626. The van der Waals surface area contributed by atoms with Gasteiger partial charge in [0.1, 0.15) is 0 Å². The zero-order valence-corrected chi connectivity index (χ0v) is 7.98. The van der Waals surface area contributed by atoms with E-state index in [2.05, 4.69) is 0 Å². The maximum atomic E-state index is 13.0. The van der Waals surface area contributed by atoms with E-state index in [1.807, 2.05) is 25.7 Å². The molecule has 3 heteroatoms. The molecular weight excluding hydrogens is 160 g/mol. The number of hydrogen-bond donors (Lipinski definition) is 0. The van der Waals surface area contributed by atoms with Crippen LogP contribution in [0.3, 0.4) is 0 Å². The van der Waals surface area contributed by atoms with Gasteiger partial charge >= 0.3 is 0 Å². The number of alkyl halides is 2. The fourth-order valence-corrected chi connectivity index (χ4v) is 1.92. The highest BCUT2D eigenvalue weighted by atomic mass is 19.3. The molecule has 1 aliphatic rings. The summed E-state index contributed by atoms with van der Waals surface area (Å²) in [7, 11) is 0. The van der Waals surface area contributed by atoms with Gasteiger partial charge in [-0.2, -0.15) is 0 Å². The molecule has 1 saturated heterocycles.